The molecule has 124 valence electrons. The first-order valence-electron chi connectivity index (χ1n) is 7.97. The van der Waals surface area contributed by atoms with E-state index in [9.17, 15) is 5.11 Å². The van der Waals surface area contributed by atoms with Crippen LogP contribution in [0.2, 0.25) is 0 Å². The van der Waals surface area contributed by atoms with Gasteiger partial charge in [-0.1, -0.05) is 59.6 Å². The third-order valence-electron chi connectivity index (χ3n) is 4.18. The molecule has 0 heterocycles. The highest BCUT2D eigenvalue weighted by Gasteiger charge is 2.32. The predicted octanol–water partition coefficient (Wildman–Crippen LogP) is 4.05. The maximum absolute atomic E-state index is 9.62. The molecule has 0 spiro atoms. The molecule has 0 saturated heterocycles. The van der Waals surface area contributed by atoms with Gasteiger partial charge in [0.15, 0.2) is 0 Å². The van der Waals surface area contributed by atoms with Gasteiger partial charge in [0, 0.05) is 5.56 Å². The van der Waals surface area contributed by atoms with Crippen LogP contribution in [0.25, 0.3) is 0 Å². The monoisotopic (exact) mass is 322 g/mol. The quantitative estimate of drug-likeness (QED) is 0.803. The van der Waals surface area contributed by atoms with E-state index in [4.69, 9.17) is 5.11 Å². The summed E-state index contributed by atoms with van der Waals surface area (Å²) in [6.45, 7) is 13.4. The molecule has 2 N–H and O–H groups in total. The summed E-state index contributed by atoms with van der Waals surface area (Å²) in [7, 11) is -1.03. The normalized spacial score (nSPS) is 14.1. The standard InChI is InChI=1S/C19H30O2S/c1-14(2)22(15(3)4,16(5)6)12-11-17-7-9-18(10-8-17)19(21)13-20/h7-10,14-16,19-21H,13H2,1-6H3. The fourth-order valence-corrected chi connectivity index (χ4v) is 7.30. The second-order valence-electron chi connectivity index (χ2n) is 6.46. The van der Waals surface area contributed by atoms with Gasteiger partial charge >= 0.3 is 0 Å². The second kappa shape index (κ2) is 8.06. The first-order valence-corrected chi connectivity index (χ1v) is 9.79. The lowest BCUT2D eigenvalue weighted by molar-refractivity contribution is 0.0956. The molecule has 0 aliphatic heterocycles. The molecule has 0 fully saturated rings. The van der Waals surface area contributed by atoms with E-state index in [1.165, 1.54) is 0 Å². The molecular formula is C19H30O2S. The van der Waals surface area contributed by atoms with Gasteiger partial charge in [-0.05, 0) is 38.7 Å². The SMILES string of the molecule is CC(C)S(C#Cc1ccc(C(O)CO)cc1)(C(C)C)C(C)C. The summed E-state index contributed by atoms with van der Waals surface area (Å²) in [4.78, 5) is 0. The average molecular weight is 323 g/mol. The molecule has 0 bridgehead atoms. The Kier molecular flexibility index (Phi) is 6.99. The zero-order valence-electron chi connectivity index (χ0n) is 14.6. The summed E-state index contributed by atoms with van der Waals surface area (Å²) in [5, 5.41) is 23.9. The van der Waals surface area contributed by atoms with E-state index >= 15 is 0 Å². The van der Waals surface area contributed by atoms with Gasteiger partial charge < -0.3 is 10.2 Å². The van der Waals surface area contributed by atoms with Crippen molar-refractivity contribution in [3.05, 3.63) is 35.4 Å². The summed E-state index contributed by atoms with van der Waals surface area (Å²) < 4.78 is 0. The molecule has 0 saturated carbocycles. The van der Waals surface area contributed by atoms with Gasteiger partial charge in [0.05, 0.1) is 6.61 Å². The van der Waals surface area contributed by atoms with E-state index in [1.54, 1.807) is 0 Å². The first-order chi connectivity index (χ1) is 10.3. The van der Waals surface area contributed by atoms with Crippen molar-refractivity contribution in [1.29, 1.82) is 0 Å². The molecule has 1 aromatic carbocycles. The second-order valence-corrected chi connectivity index (χ2v) is 11.0. The van der Waals surface area contributed by atoms with E-state index < -0.39 is 16.1 Å². The van der Waals surface area contributed by atoms with Gasteiger partial charge in [-0.25, -0.2) is 0 Å². The van der Waals surface area contributed by atoms with E-state index in [0.29, 0.717) is 15.7 Å². The molecule has 0 amide bonds. The van der Waals surface area contributed by atoms with E-state index in [1.807, 2.05) is 24.3 Å². The van der Waals surface area contributed by atoms with Crippen LogP contribution in [0.5, 0.6) is 0 Å². The Morgan fingerprint density at radius 3 is 1.73 bits per heavy atom. The van der Waals surface area contributed by atoms with Crippen LogP contribution in [0.3, 0.4) is 0 Å². The summed E-state index contributed by atoms with van der Waals surface area (Å²) in [6.07, 6.45) is -0.811. The molecule has 1 aromatic rings. The Balaban J connectivity index is 3.13. The summed E-state index contributed by atoms with van der Waals surface area (Å²) in [6, 6.07) is 7.52. The number of rotatable bonds is 5. The number of benzene rings is 1. The Hall–Kier alpha value is -0.950. The van der Waals surface area contributed by atoms with Crippen LogP contribution in [0.4, 0.5) is 0 Å². The van der Waals surface area contributed by atoms with E-state index in [2.05, 4.69) is 52.7 Å². The van der Waals surface area contributed by atoms with Crippen LogP contribution in [0.15, 0.2) is 24.3 Å². The lowest BCUT2D eigenvalue weighted by atomic mass is 10.1. The lowest BCUT2D eigenvalue weighted by Gasteiger charge is -2.46. The van der Waals surface area contributed by atoms with E-state index in [0.717, 1.165) is 11.1 Å². The molecule has 0 radical (unpaired) electrons. The van der Waals surface area contributed by atoms with Crippen molar-refractivity contribution in [3.8, 4) is 11.2 Å². The average Bonchev–Trinajstić information content (AvgIpc) is 2.46. The van der Waals surface area contributed by atoms with Gasteiger partial charge in [-0.15, -0.1) is 0 Å². The van der Waals surface area contributed by atoms with Crippen LogP contribution in [0.1, 0.15) is 58.8 Å². The van der Waals surface area contributed by atoms with Crippen LogP contribution in [-0.2, 0) is 0 Å². The fraction of sp³-hybridized carbons (Fsp3) is 0.579. The minimum atomic E-state index is -1.03. The Bertz CT molecular complexity index is 499. The van der Waals surface area contributed by atoms with Crippen molar-refractivity contribution in [2.75, 3.05) is 6.61 Å². The molecule has 1 rings (SSSR count). The number of aliphatic hydroxyl groups excluding tert-OH is 2. The molecule has 0 aromatic heterocycles. The third-order valence-corrected chi connectivity index (χ3v) is 9.32. The Morgan fingerprint density at radius 1 is 0.909 bits per heavy atom. The van der Waals surface area contributed by atoms with Crippen molar-refractivity contribution in [3.63, 3.8) is 0 Å². The Labute approximate surface area is 137 Å². The zero-order chi connectivity index (χ0) is 16.9. The maximum atomic E-state index is 9.62. The van der Waals surface area contributed by atoms with Gasteiger partial charge in [-0.3, -0.25) is 0 Å². The number of hydrogen-bond donors (Lipinski definition) is 2. The Morgan fingerprint density at radius 2 is 1.36 bits per heavy atom. The number of hydrogen-bond acceptors (Lipinski definition) is 2. The predicted molar refractivity (Wildman–Crippen MR) is 98.4 cm³/mol. The molecule has 22 heavy (non-hydrogen) atoms. The van der Waals surface area contributed by atoms with Crippen LogP contribution < -0.4 is 0 Å². The molecule has 2 nitrogen and oxygen atoms in total. The van der Waals surface area contributed by atoms with E-state index in [-0.39, 0.29) is 6.61 Å². The van der Waals surface area contributed by atoms with Gasteiger partial charge in [0.1, 0.15) is 6.10 Å². The van der Waals surface area contributed by atoms with Crippen molar-refractivity contribution in [2.45, 2.75) is 63.4 Å². The van der Waals surface area contributed by atoms with Crippen molar-refractivity contribution < 1.29 is 10.2 Å². The summed E-state index contributed by atoms with van der Waals surface area (Å²) in [5.41, 5.74) is 1.69. The van der Waals surface area contributed by atoms with Crippen molar-refractivity contribution >= 4 is 10.0 Å². The van der Waals surface area contributed by atoms with Gasteiger partial charge in [0.2, 0.25) is 0 Å². The van der Waals surface area contributed by atoms with Crippen molar-refractivity contribution in [1.82, 2.24) is 0 Å². The van der Waals surface area contributed by atoms with Crippen LogP contribution >= 0.6 is 10.0 Å². The first kappa shape index (κ1) is 19.1. The minimum Gasteiger partial charge on any atom is -0.393 e. The summed E-state index contributed by atoms with van der Waals surface area (Å²) >= 11 is 0. The smallest absolute Gasteiger partial charge is 0.102 e. The lowest BCUT2D eigenvalue weighted by Crippen LogP contribution is -2.27. The van der Waals surface area contributed by atoms with Crippen molar-refractivity contribution in [2.24, 2.45) is 0 Å². The third kappa shape index (κ3) is 4.07. The molecule has 1 unspecified atom stereocenters. The molecule has 0 aliphatic rings. The van der Waals surface area contributed by atoms with Crippen LogP contribution in [0, 0.1) is 11.2 Å². The molecular weight excluding hydrogens is 292 g/mol. The largest absolute Gasteiger partial charge is 0.393 e. The minimum absolute atomic E-state index is 0.258. The molecule has 0 aliphatic carbocycles. The van der Waals surface area contributed by atoms with Gasteiger partial charge in [0.25, 0.3) is 0 Å². The van der Waals surface area contributed by atoms with Gasteiger partial charge in [-0.2, -0.15) is 10.0 Å². The molecule has 1 atom stereocenters. The highest BCUT2D eigenvalue weighted by Crippen LogP contribution is 2.59. The summed E-state index contributed by atoms with van der Waals surface area (Å²) in [5.74, 6) is 3.36. The fourth-order valence-electron chi connectivity index (χ4n) is 3.03. The highest BCUT2D eigenvalue weighted by molar-refractivity contribution is 8.38. The van der Waals surface area contributed by atoms with Crippen LogP contribution in [-0.4, -0.2) is 32.6 Å². The topological polar surface area (TPSA) is 40.5 Å². The zero-order valence-corrected chi connectivity index (χ0v) is 15.4. The number of aliphatic hydroxyl groups is 2. The maximum Gasteiger partial charge on any atom is 0.102 e. The highest BCUT2D eigenvalue weighted by atomic mass is 32.3. The molecule has 3 heteroatoms.